The second-order valence-corrected chi connectivity index (χ2v) is 7.24. The van der Waals surface area contributed by atoms with Gasteiger partial charge >= 0.3 is 0 Å². The number of hydrogen-bond acceptors (Lipinski definition) is 3. The Balaban J connectivity index is 1.68. The zero-order chi connectivity index (χ0) is 16.1. The second-order valence-electron chi connectivity index (χ2n) is 7.24. The van der Waals surface area contributed by atoms with Gasteiger partial charge in [-0.2, -0.15) is 0 Å². The molecule has 0 spiro atoms. The van der Waals surface area contributed by atoms with Gasteiger partial charge in [-0.05, 0) is 23.8 Å². The van der Waals surface area contributed by atoms with Crippen LogP contribution in [-0.2, 0) is 5.41 Å². The highest BCUT2D eigenvalue weighted by atomic mass is 16.5. The largest absolute Gasteiger partial charge is 0.493 e. The lowest BCUT2D eigenvalue weighted by Gasteiger charge is -2.48. The van der Waals surface area contributed by atoms with Gasteiger partial charge in [-0.15, -0.1) is 0 Å². The van der Waals surface area contributed by atoms with Gasteiger partial charge in [-0.3, -0.25) is 0 Å². The molecule has 122 valence electrons. The third kappa shape index (κ3) is 1.93. The number of imidazole rings is 1. The molecule has 3 atom stereocenters. The molecule has 1 saturated heterocycles. The van der Waals surface area contributed by atoms with Crippen LogP contribution in [0.5, 0.6) is 5.75 Å². The predicted octanol–water partition coefficient (Wildman–Crippen LogP) is 3.22. The van der Waals surface area contributed by atoms with Crippen molar-refractivity contribution in [1.82, 2.24) is 15.3 Å². The van der Waals surface area contributed by atoms with Crippen molar-refractivity contribution in [3.63, 3.8) is 0 Å². The van der Waals surface area contributed by atoms with Crippen molar-refractivity contribution < 1.29 is 4.74 Å². The monoisotopic (exact) mass is 319 g/mol. The molecule has 3 heterocycles. The number of fused-ring (bicyclic) bond motifs is 4. The normalized spacial score (nSPS) is 28.9. The SMILES string of the molecule is CC1(c2nc3ccccc3[nH]2)CNCC2COc3ccccc3C21. The number of hydrogen-bond donors (Lipinski definition) is 2. The van der Waals surface area contributed by atoms with Crippen molar-refractivity contribution in [1.29, 1.82) is 0 Å². The predicted molar refractivity (Wildman–Crippen MR) is 94.5 cm³/mol. The molecule has 3 unspecified atom stereocenters. The summed E-state index contributed by atoms with van der Waals surface area (Å²) >= 11 is 0. The third-order valence-electron chi connectivity index (χ3n) is 5.69. The highest BCUT2D eigenvalue weighted by Crippen LogP contribution is 2.49. The maximum absolute atomic E-state index is 6.01. The Bertz CT molecular complexity index is 870. The molecule has 0 amide bonds. The number of H-pyrrole nitrogens is 1. The van der Waals surface area contributed by atoms with Gasteiger partial charge in [0.05, 0.1) is 17.6 Å². The van der Waals surface area contributed by atoms with Gasteiger partial charge in [0.15, 0.2) is 0 Å². The van der Waals surface area contributed by atoms with Crippen LogP contribution in [0.2, 0.25) is 0 Å². The molecule has 1 aromatic heterocycles. The summed E-state index contributed by atoms with van der Waals surface area (Å²) in [5.41, 5.74) is 3.38. The summed E-state index contributed by atoms with van der Waals surface area (Å²) in [6.45, 7) is 5.01. The van der Waals surface area contributed by atoms with Crippen LogP contribution in [0.25, 0.3) is 11.0 Å². The van der Waals surface area contributed by atoms with Crippen molar-refractivity contribution in [3.05, 3.63) is 59.9 Å². The summed E-state index contributed by atoms with van der Waals surface area (Å²) < 4.78 is 6.01. The van der Waals surface area contributed by atoms with Crippen LogP contribution in [0.1, 0.15) is 24.2 Å². The molecule has 0 bridgehead atoms. The number of aromatic nitrogens is 2. The van der Waals surface area contributed by atoms with E-state index in [1.807, 2.05) is 6.07 Å². The molecule has 4 heteroatoms. The zero-order valence-electron chi connectivity index (χ0n) is 13.8. The molecule has 2 aliphatic rings. The maximum Gasteiger partial charge on any atom is 0.122 e. The first-order chi connectivity index (χ1) is 11.8. The van der Waals surface area contributed by atoms with Crippen LogP contribution in [0.3, 0.4) is 0 Å². The molecule has 2 aliphatic heterocycles. The maximum atomic E-state index is 6.01. The van der Waals surface area contributed by atoms with E-state index in [2.05, 4.69) is 59.7 Å². The van der Waals surface area contributed by atoms with Gasteiger partial charge in [0.1, 0.15) is 11.6 Å². The van der Waals surface area contributed by atoms with Crippen LogP contribution in [-0.4, -0.2) is 29.7 Å². The molecule has 2 N–H and O–H groups in total. The van der Waals surface area contributed by atoms with E-state index in [1.165, 1.54) is 5.56 Å². The standard InChI is InChI=1S/C20H21N3O/c1-20(19-22-15-7-3-4-8-16(15)23-19)12-21-10-13-11-24-17-9-5-2-6-14(17)18(13)20/h2-9,13,18,21H,10-12H2,1H3,(H,22,23). The van der Waals surface area contributed by atoms with Crippen molar-refractivity contribution >= 4 is 11.0 Å². The van der Waals surface area contributed by atoms with Crippen molar-refractivity contribution in [2.24, 2.45) is 5.92 Å². The van der Waals surface area contributed by atoms with Crippen LogP contribution in [0, 0.1) is 5.92 Å². The minimum Gasteiger partial charge on any atom is -0.493 e. The number of benzene rings is 2. The Kier molecular flexibility index (Phi) is 2.98. The summed E-state index contributed by atoms with van der Waals surface area (Å²) in [5, 5.41) is 3.61. The Morgan fingerprint density at radius 2 is 1.96 bits per heavy atom. The second kappa shape index (κ2) is 5.08. The minimum absolute atomic E-state index is 0.0815. The van der Waals surface area contributed by atoms with Crippen LogP contribution in [0.4, 0.5) is 0 Å². The molecule has 1 fully saturated rings. The van der Waals surface area contributed by atoms with Crippen molar-refractivity contribution in [2.45, 2.75) is 18.3 Å². The van der Waals surface area contributed by atoms with E-state index in [-0.39, 0.29) is 5.41 Å². The molecule has 0 radical (unpaired) electrons. The zero-order valence-corrected chi connectivity index (χ0v) is 13.8. The first-order valence-corrected chi connectivity index (χ1v) is 8.63. The van der Waals surface area contributed by atoms with Gasteiger partial charge in [-0.1, -0.05) is 37.3 Å². The first-order valence-electron chi connectivity index (χ1n) is 8.63. The summed E-state index contributed by atoms with van der Waals surface area (Å²) in [4.78, 5) is 8.51. The van der Waals surface area contributed by atoms with Crippen LogP contribution >= 0.6 is 0 Å². The molecular formula is C20H21N3O. The average molecular weight is 319 g/mol. The number of nitrogens with one attached hydrogen (secondary N) is 2. The summed E-state index contributed by atoms with van der Waals surface area (Å²) in [6, 6.07) is 16.7. The Morgan fingerprint density at radius 3 is 2.88 bits per heavy atom. The lowest BCUT2D eigenvalue weighted by molar-refractivity contribution is 0.114. The molecule has 0 aliphatic carbocycles. The van der Waals surface area contributed by atoms with Crippen LogP contribution < -0.4 is 10.1 Å². The quantitative estimate of drug-likeness (QED) is 0.724. The van der Waals surface area contributed by atoms with E-state index >= 15 is 0 Å². The fourth-order valence-corrected chi connectivity index (χ4v) is 4.54. The number of ether oxygens (including phenoxy) is 1. The molecule has 24 heavy (non-hydrogen) atoms. The lowest BCUT2D eigenvalue weighted by Crippen LogP contribution is -2.54. The van der Waals surface area contributed by atoms with E-state index in [0.717, 1.165) is 42.3 Å². The van der Waals surface area contributed by atoms with Crippen molar-refractivity contribution in [3.8, 4) is 5.75 Å². The van der Waals surface area contributed by atoms with Gasteiger partial charge in [0, 0.05) is 30.3 Å². The number of nitrogens with zero attached hydrogens (tertiary/aromatic N) is 1. The summed E-state index contributed by atoms with van der Waals surface area (Å²) in [5.74, 6) is 2.97. The first kappa shape index (κ1) is 14.1. The summed E-state index contributed by atoms with van der Waals surface area (Å²) in [7, 11) is 0. The van der Waals surface area contributed by atoms with E-state index in [4.69, 9.17) is 9.72 Å². The topological polar surface area (TPSA) is 49.9 Å². The summed E-state index contributed by atoms with van der Waals surface area (Å²) in [6.07, 6.45) is 0. The third-order valence-corrected chi connectivity index (χ3v) is 5.69. The fraction of sp³-hybridized carbons (Fsp3) is 0.350. The van der Waals surface area contributed by atoms with Gasteiger partial charge in [0.25, 0.3) is 0 Å². The smallest absolute Gasteiger partial charge is 0.122 e. The van der Waals surface area contributed by atoms with E-state index < -0.39 is 0 Å². The van der Waals surface area contributed by atoms with Gasteiger partial charge in [0.2, 0.25) is 0 Å². The molecule has 3 aromatic rings. The Hall–Kier alpha value is -2.33. The molecule has 4 nitrogen and oxygen atoms in total. The molecule has 0 saturated carbocycles. The molecule has 5 rings (SSSR count). The molecular weight excluding hydrogens is 298 g/mol. The lowest BCUT2D eigenvalue weighted by atomic mass is 9.63. The van der Waals surface area contributed by atoms with Gasteiger partial charge < -0.3 is 15.0 Å². The minimum atomic E-state index is -0.0815. The van der Waals surface area contributed by atoms with E-state index in [9.17, 15) is 0 Å². The van der Waals surface area contributed by atoms with E-state index in [1.54, 1.807) is 0 Å². The fourth-order valence-electron chi connectivity index (χ4n) is 4.54. The highest BCUT2D eigenvalue weighted by molar-refractivity contribution is 5.75. The number of piperidine rings is 1. The highest BCUT2D eigenvalue weighted by Gasteiger charge is 2.49. The number of aromatic amines is 1. The van der Waals surface area contributed by atoms with Gasteiger partial charge in [-0.25, -0.2) is 4.98 Å². The van der Waals surface area contributed by atoms with E-state index in [0.29, 0.717) is 11.8 Å². The Labute approximate surface area is 141 Å². The van der Waals surface area contributed by atoms with Crippen molar-refractivity contribution in [2.75, 3.05) is 19.7 Å². The molecule has 2 aromatic carbocycles. The number of rotatable bonds is 1. The van der Waals surface area contributed by atoms with Crippen LogP contribution in [0.15, 0.2) is 48.5 Å². The Morgan fingerprint density at radius 1 is 1.12 bits per heavy atom. The average Bonchev–Trinajstić information content (AvgIpc) is 3.06. The number of para-hydroxylation sites is 3.